The molecule has 3 aromatic rings. The minimum Gasteiger partial charge on any atom is -0.490 e. The summed E-state index contributed by atoms with van der Waals surface area (Å²) < 4.78 is 52.6. The number of ether oxygens (including phenoxy) is 2. The second-order valence-corrected chi connectivity index (χ2v) is 7.40. The smallest absolute Gasteiger partial charge is 0.436 e. The Kier molecular flexibility index (Phi) is 7.52. The van der Waals surface area contributed by atoms with E-state index in [9.17, 15) is 18.0 Å². The molecule has 3 rings (SSSR count). The summed E-state index contributed by atoms with van der Waals surface area (Å²) in [5, 5.41) is 9.71. The summed E-state index contributed by atoms with van der Waals surface area (Å²) in [7, 11) is 0. The summed E-state index contributed by atoms with van der Waals surface area (Å²) in [6.07, 6.45) is -1.65. The molecule has 12 heteroatoms. The maximum atomic E-state index is 12.9. The molecule has 0 fully saturated rings. The number of hydrogen-bond donors (Lipinski definition) is 1. The molecule has 1 N–H and O–H groups in total. The Morgan fingerprint density at radius 2 is 1.88 bits per heavy atom. The van der Waals surface area contributed by atoms with Crippen LogP contribution < -0.4 is 14.8 Å². The summed E-state index contributed by atoms with van der Waals surface area (Å²) in [5.74, 6) is 0.716. The summed E-state index contributed by atoms with van der Waals surface area (Å²) in [4.78, 5) is 12.3. The van der Waals surface area contributed by atoms with E-state index in [1.54, 1.807) is 10.9 Å². The maximum Gasteiger partial charge on any atom is 0.436 e. The predicted molar refractivity (Wildman–Crippen MR) is 116 cm³/mol. The van der Waals surface area contributed by atoms with Crippen LogP contribution in [0.1, 0.15) is 30.8 Å². The lowest BCUT2D eigenvalue weighted by Gasteiger charge is -2.12. The zero-order valence-electron chi connectivity index (χ0n) is 18.2. The molecule has 0 aliphatic heterocycles. The zero-order chi connectivity index (χ0) is 24.2. The minimum absolute atomic E-state index is 0.0513. The minimum atomic E-state index is -4.70. The van der Waals surface area contributed by atoms with Crippen LogP contribution in [0.5, 0.6) is 11.5 Å². The van der Waals surface area contributed by atoms with E-state index in [1.807, 2.05) is 32.0 Å². The fourth-order valence-electron chi connectivity index (χ4n) is 3.09. The number of aromatic nitrogens is 4. The fourth-order valence-corrected chi connectivity index (χ4v) is 3.33. The predicted octanol–water partition coefficient (Wildman–Crippen LogP) is 4.54. The number of amides is 1. The van der Waals surface area contributed by atoms with Crippen LogP contribution in [0.4, 0.5) is 18.9 Å². The number of nitrogens with one attached hydrogen (secondary N) is 1. The summed E-state index contributed by atoms with van der Waals surface area (Å²) in [5.41, 5.74) is 0.131. The number of carbonyl (C=O) groups excluding carboxylic acids is 1. The number of halogens is 4. The van der Waals surface area contributed by atoms with E-state index in [-0.39, 0.29) is 5.69 Å². The third-order valence-corrected chi connectivity index (χ3v) is 5.02. The highest BCUT2D eigenvalue weighted by Crippen LogP contribution is 2.35. The van der Waals surface area contributed by atoms with E-state index in [0.29, 0.717) is 36.9 Å². The van der Waals surface area contributed by atoms with E-state index in [4.69, 9.17) is 21.1 Å². The van der Waals surface area contributed by atoms with Crippen LogP contribution in [0.15, 0.2) is 30.6 Å². The monoisotopic (exact) mass is 485 g/mol. The van der Waals surface area contributed by atoms with Crippen molar-refractivity contribution in [1.29, 1.82) is 0 Å². The number of hydrogen-bond acceptors (Lipinski definition) is 5. The van der Waals surface area contributed by atoms with Crippen molar-refractivity contribution in [3.63, 3.8) is 0 Å². The van der Waals surface area contributed by atoms with E-state index < -0.39 is 29.3 Å². The summed E-state index contributed by atoms with van der Waals surface area (Å²) >= 11 is 5.72. The molecule has 0 aliphatic rings. The van der Waals surface area contributed by atoms with Gasteiger partial charge in [0.05, 0.1) is 42.4 Å². The van der Waals surface area contributed by atoms with E-state index in [1.165, 1.54) is 13.1 Å². The molecule has 0 unspecified atom stereocenters. The number of rotatable bonds is 9. The molecular formula is C21H23ClF3N5O3. The third kappa shape index (κ3) is 5.98. The highest BCUT2D eigenvalue weighted by atomic mass is 35.5. The molecule has 0 atom stereocenters. The van der Waals surface area contributed by atoms with Crippen molar-refractivity contribution < 1.29 is 27.4 Å². The van der Waals surface area contributed by atoms with Crippen molar-refractivity contribution in [2.75, 3.05) is 18.5 Å². The van der Waals surface area contributed by atoms with Crippen LogP contribution in [-0.2, 0) is 24.1 Å². The molecule has 2 heterocycles. The van der Waals surface area contributed by atoms with Gasteiger partial charge in [-0.2, -0.15) is 23.4 Å². The molecule has 2 aromatic heterocycles. The number of benzene rings is 1. The summed E-state index contributed by atoms with van der Waals surface area (Å²) in [6, 6.07) is 5.57. The van der Waals surface area contributed by atoms with Crippen LogP contribution in [-0.4, -0.2) is 38.7 Å². The molecule has 0 saturated carbocycles. The Morgan fingerprint density at radius 1 is 1.18 bits per heavy atom. The summed E-state index contributed by atoms with van der Waals surface area (Å²) in [6.45, 7) is 6.13. The Labute approximate surface area is 193 Å². The topological polar surface area (TPSA) is 83.2 Å². The first-order chi connectivity index (χ1) is 15.6. The van der Waals surface area contributed by atoms with Gasteiger partial charge in [0.1, 0.15) is 6.54 Å². The standard InChI is InChI=1S/C21H23ClF3N5O3/c1-4-32-16-7-6-14(8-17(16)33-5-2)10-29-11-15(9-26-29)27-18(31)12-30-13(3)19(22)20(28-30)21(23,24)25/h6-9,11H,4-5,10,12H2,1-3H3,(H,27,31). The maximum absolute atomic E-state index is 12.9. The first-order valence-corrected chi connectivity index (χ1v) is 10.5. The lowest BCUT2D eigenvalue weighted by atomic mass is 10.2. The van der Waals surface area contributed by atoms with Gasteiger partial charge in [0.25, 0.3) is 0 Å². The average molecular weight is 486 g/mol. The van der Waals surface area contributed by atoms with Gasteiger partial charge >= 0.3 is 6.18 Å². The van der Waals surface area contributed by atoms with Crippen molar-refractivity contribution in [3.05, 3.63) is 52.6 Å². The van der Waals surface area contributed by atoms with E-state index >= 15 is 0 Å². The normalized spacial score (nSPS) is 11.5. The molecule has 33 heavy (non-hydrogen) atoms. The lowest BCUT2D eigenvalue weighted by Crippen LogP contribution is -2.20. The molecule has 0 aliphatic carbocycles. The van der Waals surface area contributed by atoms with E-state index in [0.717, 1.165) is 10.2 Å². The first-order valence-electron chi connectivity index (χ1n) is 10.1. The molecule has 0 saturated heterocycles. The van der Waals surface area contributed by atoms with E-state index in [2.05, 4.69) is 15.5 Å². The second-order valence-electron chi connectivity index (χ2n) is 7.03. The van der Waals surface area contributed by atoms with Gasteiger partial charge in [-0.25, -0.2) is 0 Å². The van der Waals surface area contributed by atoms with Gasteiger partial charge in [-0.3, -0.25) is 14.2 Å². The van der Waals surface area contributed by atoms with Crippen LogP contribution >= 0.6 is 11.6 Å². The molecule has 0 radical (unpaired) electrons. The van der Waals surface area contributed by atoms with Crippen molar-refractivity contribution in [3.8, 4) is 11.5 Å². The molecule has 178 valence electrons. The zero-order valence-corrected chi connectivity index (χ0v) is 19.0. The Bertz CT molecular complexity index is 1130. The van der Waals surface area contributed by atoms with Gasteiger partial charge in [-0.05, 0) is 38.5 Å². The van der Waals surface area contributed by atoms with Gasteiger partial charge in [0, 0.05) is 6.20 Å². The molecule has 1 amide bonds. The van der Waals surface area contributed by atoms with Crippen molar-refractivity contribution in [2.24, 2.45) is 0 Å². The number of carbonyl (C=O) groups is 1. The Hall–Kier alpha value is -3.21. The van der Waals surface area contributed by atoms with Crippen molar-refractivity contribution in [2.45, 2.75) is 40.0 Å². The molecule has 0 bridgehead atoms. The first kappa shape index (κ1) is 24.4. The number of alkyl halides is 3. The van der Waals surface area contributed by atoms with Gasteiger partial charge in [-0.15, -0.1) is 0 Å². The van der Waals surface area contributed by atoms with Gasteiger partial charge in [0.15, 0.2) is 17.2 Å². The van der Waals surface area contributed by atoms with Crippen molar-refractivity contribution >= 4 is 23.2 Å². The average Bonchev–Trinajstić information content (AvgIpc) is 3.29. The van der Waals surface area contributed by atoms with Crippen LogP contribution in [0.2, 0.25) is 5.02 Å². The molecule has 1 aromatic carbocycles. The largest absolute Gasteiger partial charge is 0.490 e. The molecular weight excluding hydrogens is 463 g/mol. The van der Waals surface area contributed by atoms with Gasteiger partial charge in [-0.1, -0.05) is 17.7 Å². The SMILES string of the molecule is CCOc1ccc(Cn2cc(NC(=O)Cn3nc(C(F)(F)F)c(Cl)c3C)cn2)cc1OCC. The quantitative estimate of drug-likeness (QED) is 0.481. The number of nitrogens with zero attached hydrogens (tertiary/aromatic N) is 4. The second kappa shape index (κ2) is 10.2. The van der Waals surface area contributed by atoms with Crippen LogP contribution in [0, 0.1) is 6.92 Å². The highest BCUT2D eigenvalue weighted by molar-refractivity contribution is 6.32. The fraction of sp³-hybridized carbons (Fsp3) is 0.381. The highest BCUT2D eigenvalue weighted by Gasteiger charge is 2.38. The molecule has 8 nitrogen and oxygen atoms in total. The Balaban J connectivity index is 1.65. The lowest BCUT2D eigenvalue weighted by molar-refractivity contribution is -0.141. The third-order valence-electron chi connectivity index (χ3n) is 4.56. The van der Waals surface area contributed by atoms with Gasteiger partial charge in [0.2, 0.25) is 5.91 Å². The van der Waals surface area contributed by atoms with Gasteiger partial charge < -0.3 is 14.8 Å². The van der Waals surface area contributed by atoms with Crippen LogP contribution in [0.3, 0.4) is 0 Å². The Morgan fingerprint density at radius 3 is 2.52 bits per heavy atom. The van der Waals surface area contributed by atoms with Crippen LogP contribution in [0.25, 0.3) is 0 Å². The number of anilines is 1. The van der Waals surface area contributed by atoms with Crippen molar-refractivity contribution in [1.82, 2.24) is 19.6 Å². The molecule has 0 spiro atoms.